The minimum absolute atomic E-state index is 0. The van der Waals surface area contributed by atoms with Crippen molar-refractivity contribution in [3.63, 3.8) is 0 Å². The molecule has 2 aromatic rings. The fourth-order valence-corrected chi connectivity index (χ4v) is 3.53. The first-order valence-electron chi connectivity index (χ1n) is 7.56. The number of anilines is 2. The fraction of sp³-hybridized carbons (Fsp3) is 0.438. The van der Waals surface area contributed by atoms with Gasteiger partial charge in [-0.25, -0.2) is 4.98 Å². The minimum Gasteiger partial charge on any atom is -0.497 e. The molecule has 1 aromatic carbocycles. The molecule has 0 bridgehead atoms. The molecule has 3 N–H and O–H groups in total. The summed E-state index contributed by atoms with van der Waals surface area (Å²) >= 11 is 1.58. The van der Waals surface area contributed by atoms with E-state index in [1.807, 2.05) is 24.4 Å². The van der Waals surface area contributed by atoms with Crippen LogP contribution in [0.4, 0.5) is 10.8 Å². The zero-order valence-electron chi connectivity index (χ0n) is 13.2. The molecule has 1 fully saturated rings. The molecule has 1 aliphatic heterocycles. The molecule has 1 saturated heterocycles. The molecule has 0 aliphatic carbocycles. The lowest BCUT2D eigenvalue weighted by molar-refractivity contribution is 0.213. The molecule has 1 aromatic heterocycles. The first kappa shape index (κ1) is 17.8. The molecule has 1 aliphatic rings. The standard InChI is InChI=1S/C16H22N4OS.ClH/c1-21-14-4-2-3-13(9-14)19-12-5-7-20(8-6-12)11-15-10-18-16(17)22-15;/h2-4,9-10,12,19H,5-8,11H2,1H3,(H2,17,18);1H. The van der Waals surface area contributed by atoms with Crippen molar-refractivity contribution in [1.29, 1.82) is 0 Å². The van der Waals surface area contributed by atoms with Gasteiger partial charge in [0.15, 0.2) is 5.13 Å². The van der Waals surface area contributed by atoms with Crippen molar-refractivity contribution in [1.82, 2.24) is 9.88 Å². The van der Waals surface area contributed by atoms with E-state index in [9.17, 15) is 0 Å². The lowest BCUT2D eigenvalue weighted by Crippen LogP contribution is -2.38. The van der Waals surface area contributed by atoms with Crippen LogP contribution in [0.25, 0.3) is 0 Å². The molecular weight excluding hydrogens is 332 g/mol. The summed E-state index contributed by atoms with van der Waals surface area (Å²) in [6.45, 7) is 3.15. The second-order valence-corrected chi connectivity index (χ2v) is 6.74. The number of likely N-dealkylation sites (tertiary alicyclic amines) is 1. The Morgan fingerprint density at radius 2 is 2.17 bits per heavy atom. The zero-order chi connectivity index (χ0) is 15.4. The Morgan fingerprint density at radius 1 is 1.39 bits per heavy atom. The van der Waals surface area contributed by atoms with Crippen molar-refractivity contribution in [3.05, 3.63) is 35.3 Å². The van der Waals surface area contributed by atoms with E-state index < -0.39 is 0 Å². The van der Waals surface area contributed by atoms with Crippen LogP contribution in [0.5, 0.6) is 5.75 Å². The molecule has 0 amide bonds. The molecule has 0 saturated carbocycles. The highest BCUT2D eigenvalue weighted by Gasteiger charge is 2.19. The predicted molar refractivity (Wildman–Crippen MR) is 98.7 cm³/mol. The summed E-state index contributed by atoms with van der Waals surface area (Å²) in [6.07, 6.45) is 4.18. The van der Waals surface area contributed by atoms with Crippen LogP contribution in [0, 0.1) is 0 Å². The van der Waals surface area contributed by atoms with Gasteiger partial charge in [-0.15, -0.1) is 23.7 Å². The number of benzene rings is 1. The van der Waals surface area contributed by atoms with Crippen molar-refractivity contribution in [3.8, 4) is 5.75 Å². The van der Waals surface area contributed by atoms with E-state index in [0.29, 0.717) is 11.2 Å². The van der Waals surface area contributed by atoms with Gasteiger partial charge in [0.1, 0.15) is 5.75 Å². The average Bonchev–Trinajstić information content (AvgIpc) is 2.94. The first-order chi connectivity index (χ1) is 10.7. The number of hydrogen-bond acceptors (Lipinski definition) is 6. The lowest BCUT2D eigenvalue weighted by Gasteiger charge is -2.32. The van der Waals surface area contributed by atoms with Gasteiger partial charge in [0.05, 0.1) is 7.11 Å². The van der Waals surface area contributed by atoms with Gasteiger partial charge >= 0.3 is 0 Å². The van der Waals surface area contributed by atoms with Gasteiger partial charge in [-0.05, 0) is 25.0 Å². The normalized spacial score (nSPS) is 15.9. The van der Waals surface area contributed by atoms with Crippen molar-refractivity contribution < 1.29 is 4.74 Å². The van der Waals surface area contributed by atoms with Crippen LogP contribution in [0.3, 0.4) is 0 Å². The number of thiazole rings is 1. The smallest absolute Gasteiger partial charge is 0.180 e. The fourth-order valence-electron chi connectivity index (χ4n) is 2.80. The quantitative estimate of drug-likeness (QED) is 0.863. The number of rotatable bonds is 5. The topological polar surface area (TPSA) is 63.4 Å². The van der Waals surface area contributed by atoms with E-state index in [1.165, 1.54) is 4.88 Å². The van der Waals surface area contributed by atoms with Gasteiger partial charge in [0.25, 0.3) is 0 Å². The molecular formula is C16H23ClN4OS. The van der Waals surface area contributed by atoms with Gasteiger partial charge in [-0.1, -0.05) is 6.07 Å². The van der Waals surface area contributed by atoms with Crippen molar-refractivity contribution in [2.45, 2.75) is 25.4 Å². The predicted octanol–water partition coefficient (Wildman–Crippen LogP) is 3.23. The molecule has 2 heterocycles. The van der Waals surface area contributed by atoms with E-state index in [0.717, 1.165) is 43.9 Å². The SMILES string of the molecule is COc1cccc(NC2CCN(Cc3cnc(N)s3)CC2)c1.Cl. The van der Waals surface area contributed by atoms with Gasteiger partial charge in [-0.2, -0.15) is 0 Å². The van der Waals surface area contributed by atoms with Crippen molar-refractivity contribution in [2.75, 3.05) is 31.2 Å². The van der Waals surface area contributed by atoms with Crippen LogP contribution in [0.1, 0.15) is 17.7 Å². The summed E-state index contributed by atoms with van der Waals surface area (Å²) in [5, 5.41) is 4.26. The Hall–Kier alpha value is -1.50. The number of methoxy groups -OCH3 is 1. The summed E-state index contributed by atoms with van der Waals surface area (Å²) in [5.74, 6) is 0.894. The zero-order valence-corrected chi connectivity index (χ0v) is 14.8. The monoisotopic (exact) mass is 354 g/mol. The van der Waals surface area contributed by atoms with Crippen LogP contribution < -0.4 is 15.8 Å². The Morgan fingerprint density at radius 3 is 2.83 bits per heavy atom. The van der Waals surface area contributed by atoms with Gasteiger partial charge in [0.2, 0.25) is 0 Å². The van der Waals surface area contributed by atoms with E-state index in [2.05, 4.69) is 21.3 Å². The van der Waals surface area contributed by atoms with Gasteiger partial charge < -0.3 is 15.8 Å². The summed E-state index contributed by atoms with van der Waals surface area (Å²) in [4.78, 5) is 7.83. The second-order valence-electron chi connectivity index (χ2n) is 5.59. The summed E-state index contributed by atoms with van der Waals surface area (Å²) in [5.41, 5.74) is 6.82. The van der Waals surface area contributed by atoms with Gasteiger partial charge in [0, 0.05) is 48.5 Å². The molecule has 7 heteroatoms. The third kappa shape index (κ3) is 4.99. The molecule has 3 rings (SSSR count). The largest absolute Gasteiger partial charge is 0.497 e. The number of nitrogens with one attached hydrogen (secondary N) is 1. The second kappa shape index (κ2) is 8.38. The van der Waals surface area contributed by atoms with Crippen LogP contribution in [0.2, 0.25) is 0 Å². The van der Waals surface area contributed by atoms with Crippen molar-refractivity contribution >= 4 is 34.6 Å². The number of hydrogen-bond donors (Lipinski definition) is 2. The summed E-state index contributed by atoms with van der Waals surface area (Å²) < 4.78 is 5.27. The summed E-state index contributed by atoms with van der Waals surface area (Å²) in [7, 11) is 1.70. The van der Waals surface area contributed by atoms with E-state index in [1.54, 1.807) is 18.4 Å². The number of nitrogens with two attached hydrogens (primary N) is 1. The maximum atomic E-state index is 5.68. The van der Waals surface area contributed by atoms with Crippen LogP contribution in [-0.4, -0.2) is 36.1 Å². The molecule has 5 nitrogen and oxygen atoms in total. The number of aromatic nitrogens is 1. The highest BCUT2D eigenvalue weighted by Crippen LogP contribution is 2.23. The maximum absolute atomic E-state index is 5.68. The van der Waals surface area contributed by atoms with Gasteiger partial charge in [-0.3, -0.25) is 4.90 Å². The van der Waals surface area contributed by atoms with Crippen LogP contribution >= 0.6 is 23.7 Å². The lowest BCUT2D eigenvalue weighted by atomic mass is 10.0. The average molecular weight is 355 g/mol. The molecule has 0 unspecified atom stereocenters. The number of halogens is 1. The minimum atomic E-state index is 0. The molecule has 0 atom stereocenters. The van der Waals surface area contributed by atoms with Crippen LogP contribution in [0.15, 0.2) is 30.5 Å². The van der Waals surface area contributed by atoms with E-state index >= 15 is 0 Å². The Labute approximate surface area is 147 Å². The first-order valence-corrected chi connectivity index (χ1v) is 8.38. The van der Waals surface area contributed by atoms with E-state index in [-0.39, 0.29) is 12.4 Å². The Bertz CT molecular complexity index is 614. The highest BCUT2D eigenvalue weighted by atomic mass is 35.5. The Balaban J connectivity index is 0.00000192. The highest BCUT2D eigenvalue weighted by molar-refractivity contribution is 7.15. The molecule has 0 spiro atoms. The van der Waals surface area contributed by atoms with Crippen LogP contribution in [-0.2, 0) is 6.54 Å². The number of ether oxygens (including phenoxy) is 1. The Kier molecular flexibility index (Phi) is 6.50. The molecule has 0 radical (unpaired) electrons. The molecule has 23 heavy (non-hydrogen) atoms. The number of nitrogen functional groups attached to an aromatic ring is 1. The third-order valence-corrected chi connectivity index (χ3v) is 4.79. The van der Waals surface area contributed by atoms with E-state index in [4.69, 9.17) is 10.5 Å². The number of nitrogens with zero attached hydrogens (tertiary/aromatic N) is 2. The van der Waals surface area contributed by atoms with Crippen molar-refractivity contribution in [2.24, 2.45) is 0 Å². The summed E-state index contributed by atoms with van der Waals surface area (Å²) in [6, 6.07) is 8.65. The maximum Gasteiger partial charge on any atom is 0.180 e. The number of piperidine rings is 1. The molecule has 126 valence electrons. The third-order valence-electron chi connectivity index (χ3n) is 3.98.